The van der Waals surface area contributed by atoms with Crippen LogP contribution in [0.5, 0.6) is 0 Å². The first kappa shape index (κ1) is 30.4. The second-order valence-corrected chi connectivity index (χ2v) is 9.47. The van der Waals surface area contributed by atoms with Crippen LogP contribution in [-0.2, 0) is 19.1 Å². The molecule has 0 atom stereocenters. The number of rotatable bonds is 22. The molecule has 0 saturated carbocycles. The minimum atomic E-state index is 0.00662. The number of ether oxygens (including phenoxy) is 2. The van der Waals surface area contributed by atoms with Crippen molar-refractivity contribution >= 4 is 23.6 Å². The van der Waals surface area contributed by atoms with Crippen molar-refractivity contribution in [2.45, 2.75) is 91.5 Å². The molecule has 0 aromatic rings. The molecular weight excluding hydrogens is 412 g/mol. The van der Waals surface area contributed by atoms with Crippen LogP contribution in [0.1, 0.15) is 85.5 Å². The van der Waals surface area contributed by atoms with Crippen molar-refractivity contribution in [1.29, 1.82) is 0 Å². The Labute approximate surface area is 195 Å². The van der Waals surface area contributed by atoms with Crippen molar-refractivity contribution in [3.8, 4) is 0 Å². The van der Waals surface area contributed by atoms with Crippen molar-refractivity contribution in [2.24, 2.45) is 5.92 Å². The Kier molecular flexibility index (Phi) is 20.8. The van der Waals surface area contributed by atoms with Crippen LogP contribution < -0.4 is 5.32 Å². The van der Waals surface area contributed by atoms with Gasteiger partial charge >= 0.3 is 0 Å². The molecule has 0 heterocycles. The normalized spacial score (nSPS) is 11.6. The second kappa shape index (κ2) is 21.2. The minimum Gasteiger partial charge on any atom is -0.377 e. The lowest BCUT2D eigenvalue weighted by atomic mass is 10.1. The van der Waals surface area contributed by atoms with E-state index in [4.69, 9.17) is 9.47 Å². The van der Waals surface area contributed by atoms with Crippen LogP contribution in [0.2, 0.25) is 0 Å². The van der Waals surface area contributed by atoms with E-state index in [0.29, 0.717) is 38.8 Å². The quantitative estimate of drug-likeness (QED) is 0.184. The zero-order valence-electron chi connectivity index (χ0n) is 20.7. The smallest absolute Gasteiger partial charge is 0.220 e. The Morgan fingerprint density at radius 2 is 1.42 bits per heavy atom. The first-order chi connectivity index (χ1) is 14.9. The van der Waals surface area contributed by atoms with E-state index >= 15 is 0 Å². The molecular formula is C24H48N2O4S. The highest BCUT2D eigenvalue weighted by atomic mass is 32.2. The van der Waals surface area contributed by atoms with Crippen molar-refractivity contribution < 1.29 is 19.1 Å². The van der Waals surface area contributed by atoms with Crippen LogP contribution >= 0.6 is 11.9 Å². The van der Waals surface area contributed by atoms with Gasteiger partial charge in [0.1, 0.15) is 6.61 Å². The van der Waals surface area contributed by atoms with E-state index in [1.165, 1.54) is 45.1 Å². The third-order valence-corrected chi connectivity index (χ3v) is 6.24. The third-order valence-electron chi connectivity index (χ3n) is 5.17. The molecule has 1 amide bonds. The Morgan fingerprint density at radius 3 is 2.00 bits per heavy atom. The summed E-state index contributed by atoms with van der Waals surface area (Å²) in [4.78, 5) is 23.2. The minimum absolute atomic E-state index is 0.00662. The van der Waals surface area contributed by atoms with Gasteiger partial charge in [0.25, 0.3) is 0 Å². The van der Waals surface area contributed by atoms with Crippen LogP contribution in [0, 0.1) is 5.92 Å². The molecule has 0 aliphatic carbocycles. The van der Waals surface area contributed by atoms with E-state index in [1.54, 1.807) is 0 Å². The van der Waals surface area contributed by atoms with Crippen LogP contribution in [0.3, 0.4) is 0 Å². The molecule has 31 heavy (non-hydrogen) atoms. The summed E-state index contributed by atoms with van der Waals surface area (Å²) in [7, 11) is 0. The van der Waals surface area contributed by atoms with E-state index in [1.807, 2.05) is 25.8 Å². The Hall–Kier alpha value is -0.630. The molecule has 6 nitrogen and oxygen atoms in total. The second-order valence-electron chi connectivity index (χ2n) is 8.63. The molecule has 0 aromatic carbocycles. The number of unbranched alkanes of at least 4 members (excludes halogenated alkanes) is 7. The van der Waals surface area contributed by atoms with E-state index in [0.717, 1.165) is 12.8 Å². The summed E-state index contributed by atoms with van der Waals surface area (Å²) in [6.45, 7) is 11.4. The highest BCUT2D eigenvalue weighted by Crippen LogP contribution is 2.14. The van der Waals surface area contributed by atoms with Crippen LogP contribution in [0.25, 0.3) is 0 Å². The number of Topliss-reactive ketones (excluding diaryl/α,β-unsaturated/α-hetero) is 1. The van der Waals surface area contributed by atoms with Gasteiger partial charge in [-0.15, -0.1) is 0 Å². The lowest BCUT2D eigenvalue weighted by Crippen LogP contribution is -2.27. The van der Waals surface area contributed by atoms with E-state index in [-0.39, 0.29) is 24.2 Å². The Morgan fingerprint density at radius 1 is 0.839 bits per heavy atom. The summed E-state index contributed by atoms with van der Waals surface area (Å²) < 4.78 is 13.1. The van der Waals surface area contributed by atoms with E-state index in [9.17, 15) is 9.59 Å². The molecule has 1 N–H and O–H groups in total. The zero-order chi connectivity index (χ0) is 23.3. The summed E-state index contributed by atoms with van der Waals surface area (Å²) in [6, 6.07) is 0.617. The molecule has 0 aliphatic heterocycles. The maximum absolute atomic E-state index is 11.8. The topological polar surface area (TPSA) is 67.9 Å². The number of hydrogen-bond donors (Lipinski definition) is 1. The predicted molar refractivity (Wildman–Crippen MR) is 131 cm³/mol. The molecule has 0 spiro atoms. The number of hydrogen-bond acceptors (Lipinski definition) is 6. The van der Waals surface area contributed by atoms with Gasteiger partial charge in [-0.3, -0.25) is 9.59 Å². The molecule has 0 radical (unpaired) electrons. The first-order valence-corrected chi connectivity index (χ1v) is 13.3. The molecule has 184 valence electrons. The van der Waals surface area contributed by atoms with E-state index < -0.39 is 0 Å². The fraction of sp³-hybridized carbons (Fsp3) is 0.917. The van der Waals surface area contributed by atoms with Gasteiger partial charge in [-0.25, -0.2) is 4.31 Å². The number of ketones is 1. The highest BCUT2D eigenvalue weighted by Gasteiger charge is 2.07. The fourth-order valence-electron chi connectivity index (χ4n) is 3.08. The van der Waals surface area contributed by atoms with Gasteiger partial charge in [0.05, 0.1) is 19.8 Å². The number of amides is 1. The third kappa shape index (κ3) is 19.8. The van der Waals surface area contributed by atoms with Crippen LogP contribution in [0.15, 0.2) is 0 Å². The zero-order valence-corrected chi connectivity index (χ0v) is 21.6. The van der Waals surface area contributed by atoms with Crippen LogP contribution in [-0.4, -0.2) is 67.8 Å². The number of nitrogens with one attached hydrogen (secondary N) is 1. The molecule has 0 bridgehead atoms. The van der Waals surface area contributed by atoms with Gasteiger partial charge in [-0.05, 0) is 32.9 Å². The molecule has 0 aliphatic rings. The van der Waals surface area contributed by atoms with Crippen molar-refractivity contribution in [1.82, 2.24) is 9.62 Å². The molecule has 0 fully saturated rings. The molecule has 0 unspecified atom stereocenters. The van der Waals surface area contributed by atoms with E-state index in [2.05, 4.69) is 29.7 Å². The number of carbonyl (C=O) groups is 2. The van der Waals surface area contributed by atoms with Crippen molar-refractivity contribution in [3.63, 3.8) is 0 Å². The maximum atomic E-state index is 11.8. The average molecular weight is 461 g/mol. The lowest BCUT2D eigenvalue weighted by Gasteiger charge is -2.23. The summed E-state index contributed by atoms with van der Waals surface area (Å²) in [5.74, 6) is 0.213. The van der Waals surface area contributed by atoms with Crippen molar-refractivity contribution in [3.05, 3.63) is 0 Å². The molecule has 0 aromatic heterocycles. The largest absolute Gasteiger partial charge is 0.377 e. The van der Waals surface area contributed by atoms with Gasteiger partial charge in [0.15, 0.2) is 5.78 Å². The van der Waals surface area contributed by atoms with Crippen LogP contribution in [0.4, 0.5) is 0 Å². The Balaban J connectivity index is 3.32. The van der Waals surface area contributed by atoms with Gasteiger partial charge in [-0.2, -0.15) is 0 Å². The summed E-state index contributed by atoms with van der Waals surface area (Å²) in [5, 5.41) is 2.89. The standard InChI is InChI=1S/C24H48N2O4S/c1-21(2)23(27)20-30-19-18-29-17-15-25-24(28)14-12-10-8-6-7-9-11-13-16-26(31-5)22(3)4/h21-22H,6-20H2,1-5H3,(H,25,28). The molecule has 7 heteroatoms. The number of carbonyl (C=O) groups excluding carboxylic acids is 2. The van der Waals surface area contributed by atoms with Gasteiger partial charge in [-0.1, -0.05) is 64.3 Å². The summed E-state index contributed by atoms with van der Waals surface area (Å²) in [6.07, 6.45) is 12.6. The molecule has 0 saturated heterocycles. The maximum Gasteiger partial charge on any atom is 0.220 e. The first-order valence-electron chi connectivity index (χ1n) is 12.1. The monoisotopic (exact) mass is 460 g/mol. The Bertz CT molecular complexity index is 447. The predicted octanol–water partition coefficient (Wildman–Crippen LogP) is 4.86. The lowest BCUT2D eigenvalue weighted by molar-refractivity contribution is -0.127. The average Bonchev–Trinajstić information content (AvgIpc) is 2.73. The SMILES string of the molecule is CSN(CCCCCCCCCCC(=O)NCCOCCOCC(=O)C(C)C)C(C)C. The van der Waals surface area contributed by atoms with Gasteiger partial charge in [0, 0.05) is 31.5 Å². The fourth-order valence-corrected chi connectivity index (χ4v) is 3.82. The molecule has 0 rings (SSSR count). The van der Waals surface area contributed by atoms with Gasteiger partial charge in [0.2, 0.25) is 5.91 Å². The summed E-state index contributed by atoms with van der Waals surface area (Å²) in [5.41, 5.74) is 0. The summed E-state index contributed by atoms with van der Waals surface area (Å²) >= 11 is 1.85. The van der Waals surface area contributed by atoms with Crippen molar-refractivity contribution in [2.75, 3.05) is 45.8 Å². The highest BCUT2D eigenvalue weighted by molar-refractivity contribution is 7.96. The number of nitrogens with zero attached hydrogens (tertiary/aromatic N) is 1. The van der Waals surface area contributed by atoms with Gasteiger partial charge < -0.3 is 14.8 Å².